The number of nitrogens with one attached hydrogen (secondary N) is 1. The molecule has 0 saturated heterocycles. The van der Waals surface area contributed by atoms with E-state index in [1.165, 1.54) is 12.1 Å². The zero-order valence-corrected chi connectivity index (χ0v) is 14.9. The molecule has 3 aromatic rings. The largest absolute Gasteiger partial charge is 0.296 e. The summed E-state index contributed by atoms with van der Waals surface area (Å²) in [6.45, 7) is 13.2. The molecular formula is C20H19FN4O. The van der Waals surface area contributed by atoms with Crippen LogP contribution in [0.15, 0.2) is 42.5 Å². The molecule has 0 saturated carbocycles. The van der Waals surface area contributed by atoms with Crippen LogP contribution in [0.5, 0.6) is 0 Å². The normalized spacial score (nSPS) is 11.3. The standard InChI is InChI=1S/C20H19FN4O/c1-20(2,3)12-18(26)24-19-23-16-10-7-14(22-4)11-17(16)25(19)15-8-5-13(21)6-9-15/h5-11H,12H2,1-3H3,(H,23,24,26). The van der Waals surface area contributed by atoms with Crippen molar-refractivity contribution in [2.75, 3.05) is 5.32 Å². The number of imidazole rings is 1. The van der Waals surface area contributed by atoms with Gasteiger partial charge in [0.15, 0.2) is 5.69 Å². The lowest BCUT2D eigenvalue weighted by atomic mass is 9.92. The number of halogens is 1. The van der Waals surface area contributed by atoms with Gasteiger partial charge in [0.1, 0.15) is 5.82 Å². The summed E-state index contributed by atoms with van der Waals surface area (Å²) in [5.41, 5.74) is 2.29. The second-order valence-corrected chi connectivity index (χ2v) is 7.32. The van der Waals surface area contributed by atoms with Crippen LogP contribution in [0.2, 0.25) is 0 Å². The van der Waals surface area contributed by atoms with Crippen LogP contribution in [0.4, 0.5) is 16.0 Å². The third kappa shape index (κ3) is 3.72. The van der Waals surface area contributed by atoms with Crippen molar-refractivity contribution in [2.24, 2.45) is 5.41 Å². The Morgan fingerprint density at radius 1 is 1.23 bits per heavy atom. The van der Waals surface area contributed by atoms with E-state index in [-0.39, 0.29) is 17.1 Å². The Hall–Kier alpha value is -3.20. The van der Waals surface area contributed by atoms with Gasteiger partial charge in [0, 0.05) is 12.1 Å². The quantitative estimate of drug-likeness (QED) is 0.669. The highest BCUT2D eigenvalue weighted by Crippen LogP contribution is 2.29. The van der Waals surface area contributed by atoms with Crippen molar-refractivity contribution in [3.8, 4) is 5.69 Å². The zero-order valence-electron chi connectivity index (χ0n) is 14.9. The third-order valence-electron chi connectivity index (χ3n) is 3.79. The fourth-order valence-corrected chi connectivity index (χ4v) is 2.72. The van der Waals surface area contributed by atoms with Gasteiger partial charge in [-0.2, -0.15) is 0 Å². The molecule has 0 radical (unpaired) electrons. The summed E-state index contributed by atoms with van der Waals surface area (Å²) in [5.74, 6) is -0.150. The number of amides is 1. The van der Waals surface area contributed by atoms with Gasteiger partial charge >= 0.3 is 0 Å². The van der Waals surface area contributed by atoms with Gasteiger partial charge in [0.05, 0.1) is 17.6 Å². The van der Waals surface area contributed by atoms with Gasteiger partial charge in [0.25, 0.3) is 0 Å². The van der Waals surface area contributed by atoms with E-state index in [1.807, 2.05) is 20.8 Å². The van der Waals surface area contributed by atoms with Crippen molar-refractivity contribution >= 4 is 28.6 Å². The first kappa shape index (κ1) is 17.6. The van der Waals surface area contributed by atoms with Crippen LogP contribution in [-0.2, 0) is 4.79 Å². The number of hydrogen-bond donors (Lipinski definition) is 1. The summed E-state index contributed by atoms with van der Waals surface area (Å²) in [4.78, 5) is 20.3. The summed E-state index contributed by atoms with van der Waals surface area (Å²) in [6.07, 6.45) is 0.340. The highest BCUT2D eigenvalue weighted by atomic mass is 19.1. The molecule has 0 spiro atoms. The molecule has 1 aromatic heterocycles. The molecule has 0 unspecified atom stereocenters. The van der Waals surface area contributed by atoms with Crippen molar-refractivity contribution in [3.05, 3.63) is 59.7 Å². The van der Waals surface area contributed by atoms with Gasteiger partial charge < -0.3 is 0 Å². The molecule has 1 N–H and O–H groups in total. The maximum Gasteiger partial charge on any atom is 0.227 e. The van der Waals surface area contributed by atoms with Crippen LogP contribution >= 0.6 is 0 Å². The Labute approximate surface area is 151 Å². The maximum atomic E-state index is 13.3. The molecule has 132 valence electrons. The van der Waals surface area contributed by atoms with E-state index in [0.29, 0.717) is 34.8 Å². The third-order valence-corrected chi connectivity index (χ3v) is 3.79. The Kier molecular flexibility index (Phi) is 4.47. The van der Waals surface area contributed by atoms with Crippen molar-refractivity contribution in [1.82, 2.24) is 9.55 Å². The minimum absolute atomic E-state index is 0.151. The van der Waals surface area contributed by atoms with Gasteiger partial charge in [0.2, 0.25) is 11.9 Å². The zero-order chi connectivity index (χ0) is 18.9. The SMILES string of the molecule is [C-]#[N+]c1ccc2nc(NC(=O)CC(C)(C)C)n(-c3ccc(F)cc3)c2c1. The number of anilines is 1. The number of rotatable bonds is 3. The summed E-state index contributed by atoms with van der Waals surface area (Å²) in [7, 11) is 0. The molecule has 6 heteroatoms. The highest BCUT2D eigenvalue weighted by Gasteiger charge is 2.19. The molecule has 0 aliphatic carbocycles. The first-order valence-electron chi connectivity index (χ1n) is 8.22. The first-order valence-corrected chi connectivity index (χ1v) is 8.22. The molecular weight excluding hydrogens is 331 g/mol. The predicted octanol–water partition coefficient (Wildman–Crippen LogP) is 5.09. The Balaban J connectivity index is 2.12. The van der Waals surface area contributed by atoms with Crippen LogP contribution in [0.1, 0.15) is 27.2 Å². The van der Waals surface area contributed by atoms with E-state index in [4.69, 9.17) is 6.57 Å². The number of carbonyl (C=O) groups is 1. The molecule has 26 heavy (non-hydrogen) atoms. The van der Waals surface area contributed by atoms with Gasteiger partial charge in [-0.1, -0.05) is 26.8 Å². The molecule has 0 aliphatic heterocycles. The molecule has 0 atom stereocenters. The summed E-state index contributed by atoms with van der Waals surface area (Å²) in [5, 5.41) is 2.85. The van der Waals surface area contributed by atoms with Crippen LogP contribution in [0.25, 0.3) is 21.6 Å². The second kappa shape index (κ2) is 6.60. The average molecular weight is 350 g/mol. The maximum absolute atomic E-state index is 13.3. The molecule has 0 aliphatic rings. The summed E-state index contributed by atoms with van der Waals surface area (Å²) >= 11 is 0. The topological polar surface area (TPSA) is 51.3 Å². The van der Waals surface area contributed by atoms with Crippen molar-refractivity contribution in [1.29, 1.82) is 0 Å². The van der Waals surface area contributed by atoms with E-state index in [9.17, 15) is 9.18 Å². The number of aromatic nitrogens is 2. The molecule has 2 aromatic carbocycles. The summed E-state index contributed by atoms with van der Waals surface area (Å²) in [6, 6.07) is 11.0. The number of nitrogens with zero attached hydrogens (tertiary/aromatic N) is 3. The monoisotopic (exact) mass is 350 g/mol. The Morgan fingerprint density at radius 3 is 2.54 bits per heavy atom. The van der Waals surface area contributed by atoms with E-state index in [0.717, 1.165) is 0 Å². The fourth-order valence-electron chi connectivity index (χ4n) is 2.72. The van der Waals surface area contributed by atoms with Crippen LogP contribution in [0, 0.1) is 17.8 Å². The van der Waals surface area contributed by atoms with E-state index >= 15 is 0 Å². The molecule has 3 rings (SSSR count). The minimum atomic E-state index is -0.349. The summed E-state index contributed by atoms with van der Waals surface area (Å²) < 4.78 is 15.0. The molecule has 1 heterocycles. The van der Waals surface area contributed by atoms with Crippen LogP contribution in [0.3, 0.4) is 0 Å². The Bertz CT molecular complexity index is 1010. The highest BCUT2D eigenvalue weighted by molar-refractivity contribution is 5.93. The molecule has 1 amide bonds. The predicted molar refractivity (Wildman–Crippen MR) is 100.0 cm³/mol. The fraction of sp³-hybridized carbons (Fsp3) is 0.250. The number of hydrogen-bond acceptors (Lipinski definition) is 2. The molecule has 0 fully saturated rings. The van der Waals surface area contributed by atoms with E-state index in [1.54, 1.807) is 34.9 Å². The van der Waals surface area contributed by atoms with Gasteiger partial charge in [-0.05, 0) is 41.8 Å². The smallest absolute Gasteiger partial charge is 0.227 e. The van der Waals surface area contributed by atoms with Crippen LogP contribution in [-0.4, -0.2) is 15.5 Å². The van der Waals surface area contributed by atoms with Gasteiger partial charge in [-0.25, -0.2) is 14.2 Å². The lowest BCUT2D eigenvalue weighted by molar-refractivity contribution is -0.117. The minimum Gasteiger partial charge on any atom is -0.296 e. The van der Waals surface area contributed by atoms with Gasteiger partial charge in [-0.3, -0.25) is 14.7 Å². The van der Waals surface area contributed by atoms with Crippen molar-refractivity contribution in [3.63, 3.8) is 0 Å². The average Bonchev–Trinajstić information content (AvgIpc) is 2.90. The number of benzene rings is 2. The molecule has 5 nitrogen and oxygen atoms in total. The Morgan fingerprint density at radius 2 is 1.92 bits per heavy atom. The van der Waals surface area contributed by atoms with Gasteiger partial charge in [-0.15, -0.1) is 0 Å². The van der Waals surface area contributed by atoms with Crippen molar-refractivity contribution in [2.45, 2.75) is 27.2 Å². The molecule has 0 bridgehead atoms. The lowest BCUT2D eigenvalue weighted by Crippen LogP contribution is -2.21. The lowest BCUT2D eigenvalue weighted by Gasteiger charge is -2.17. The second-order valence-electron chi connectivity index (χ2n) is 7.32. The number of carbonyl (C=O) groups excluding carboxylic acids is 1. The van der Waals surface area contributed by atoms with E-state index < -0.39 is 0 Å². The first-order chi connectivity index (χ1) is 12.3. The van der Waals surface area contributed by atoms with Crippen molar-refractivity contribution < 1.29 is 9.18 Å². The van der Waals surface area contributed by atoms with E-state index in [2.05, 4.69) is 15.1 Å². The van der Waals surface area contributed by atoms with Crippen LogP contribution < -0.4 is 5.32 Å². The number of fused-ring (bicyclic) bond motifs is 1.